The quantitative estimate of drug-likeness (QED) is 0.798. The smallest absolute Gasteiger partial charge is 0.343 e. The third-order valence-corrected chi connectivity index (χ3v) is 3.56. The molecule has 0 spiro atoms. The number of aromatic nitrogens is 2. The number of ether oxygens (including phenoxy) is 1. The Morgan fingerprint density at radius 1 is 1.25 bits per heavy atom. The van der Waals surface area contributed by atoms with Gasteiger partial charge in [0.15, 0.2) is 5.82 Å². The van der Waals surface area contributed by atoms with Crippen molar-refractivity contribution in [3.63, 3.8) is 0 Å². The molecule has 0 fully saturated rings. The molecule has 1 N–H and O–H groups in total. The maximum atomic E-state index is 11.7. The van der Waals surface area contributed by atoms with Crippen molar-refractivity contribution in [2.75, 3.05) is 6.61 Å². The number of carboxylic acids is 1. The van der Waals surface area contributed by atoms with Crippen LogP contribution in [0.3, 0.4) is 0 Å². The molecule has 1 aromatic heterocycles. The predicted octanol–water partition coefficient (Wildman–Crippen LogP) is 4.48. The Kier molecular flexibility index (Phi) is 6.15. The van der Waals surface area contributed by atoms with Crippen molar-refractivity contribution in [2.45, 2.75) is 33.6 Å². The van der Waals surface area contributed by atoms with E-state index in [4.69, 9.17) is 16.3 Å². The highest BCUT2D eigenvalue weighted by Crippen LogP contribution is 2.26. The van der Waals surface area contributed by atoms with Gasteiger partial charge < -0.3 is 9.84 Å². The van der Waals surface area contributed by atoms with Crippen LogP contribution in [0.15, 0.2) is 24.3 Å². The number of aromatic carboxylic acids is 1. The molecule has 1 aromatic carbocycles. The fourth-order valence-corrected chi connectivity index (χ4v) is 2.32. The average Bonchev–Trinajstić information content (AvgIpc) is 2.53. The van der Waals surface area contributed by atoms with Crippen LogP contribution in [0.2, 0.25) is 5.02 Å². The molecule has 0 aliphatic heterocycles. The molecular weight excluding hydrogens is 328 g/mol. The number of aryl methyl sites for hydroxylation is 1. The van der Waals surface area contributed by atoms with Crippen LogP contribution in [-0.2, 0) is 6.42 Å². The lowest BCUT2D eigenvalue weighted by molar-refractivity contribution is 0.0688. The zero-order chi connectivity index (χ0) is 17.7. The van der Waals surface area contributed by atoms with Crippen molar-refractivity contribution >= 4 is 17.6 Å². The Bertz CT molecular complexity index is 715. The molecule has 0 saturated carbocycles. The van der Waals surface area contributed by atoms with E-state index in [1.165, 1.54) is 0 Å². The van der Waals surface area contributed by atoms with Crippen LogP contribution in [0.25, 0.3) is 11.4 Å². The van der Waals surface area contributed by atoms with Crippen LogP contribution >= 0.6 is 11.6 Å². The van der Waals surface area contributed by atoms with E-state index in [1.54, 1.807) is 24.3 Å². The van der Waals surface area contributed by atoms with E-state index in [1.807, 2.05) is 20.8 Å². The monoisotopic (exact) mass is 348 g/mol. The molecule has 0 unspecified atom stereocenters. The maximum Gasteiger partial charge on any atom is 0.343 e. The lowest BCUT2D eigenvalue weighted by atomic mass is 10.1. The first kappa shape index (κ1) is 18.2. The summed E-state index contributed by atoms with van der Waals surface area (Å²) in [4.78, 5) is 20.5. The van der Waals surface area contributed by atoms with Crippen molar-refractivity contribution in [1.29, 1.82) is 0 Å². The first-order chi connectivity index (χ1) is 11.4. The van der Waals surface area contributed by atoms with Gasteiger partial charge in [0.2, 0.25) is 5.88 Å². The summed E-state index contributed by atoms with van der Waals surface area (Å²) in [7, 11) is 0. The first-order valence-corrected chi connectivity index (χ1v) is 8.33. The van der Waals surface area contributed by atoms with Crippen LogP contribution in [0.1, 0.15) is 43.2 Å². The van der Waals surface area contributed by atoms with Crippen LogP contribution in [0, 0.1) is 5.92 Å². The number of hydrogen-bond donors (Lipinski definition) is 1. The molecule has 24 heavy (non-hydrogen) atoms. The van der Waals surface area contributed by atoms with Gasteiger partial charge in [-0.3, -0.25) is 0 Å². The summed E-state index contributed by atoms with van der Waals surface area (Å²) in [5.74, 6) is -0.242. The van der Waals surface area contributed by atoms with E-state index < -0.39 is 5.97 Å². The fourth-order valence-electron chi connectivity index (χ4n) is 2.19. The fraction of sp³-hybridized carbons (Fsp3) is 0.389. The lowest BCUT2D eigenvalue weighted by Crippen LogP contribution is -2.14. The second-order valence-corrected chi connectivity index (χ2v) is 6.38. The summed E-state index contributed by atoms with van der Waals surface area (Å²) in [6.45, 7) is 6.36. The van der Waals surface area contributed by atoms with Crippen LogP contribution < -0.4 is 4.74 Å². The largest absolute Gasteiger partial charge is 0.477 e. The zero-order valence-corrected chi connectivity index (χ0v) is 14.8. The Labute approximate surface area is 146 Å². The molecule has 0 bridgehead atoms. The Balaban J connectivity index is 2.55. The summed E-state index contributed by atoms with van der Waals surface area (Å²) >= 11 is 5.92. The van der Waals surface area contributed by atoms with Crippen molar-refractivity contribution < 1.29 is 14.6 Å². The van der Waals surface area contributed by atoms with Crippen LogP contribution in [-0.4, -0.2) is 27.7 Å². The number of nitrogens with zero attached hydrogens (tertiary/aromatic N) is 2. The van der Waals surface area contributed by atoms with E-state index in [0.717, 1.165) is 12.0 Å². The topological polar surface area (TPSA) is 72.3 Å². The van der Waals surface area contributed by atoms with Crippen LogP contribution in [0.5, 0.6) is 5.88 Å². The third-order valence-electron chi connectivity index (χ3n) is 3.31. The second kappa shape index (κ2) is 8.11. The first-order valence-electron chi connectivity index (χ1n) is 7.95. The average molecular weight is 349 g/mol. The predicted molar refractivity (Wildman–Crippen MR) is 93.8 cm³/mol. The number of hydrogen-bond acceptors (Lipinski definition) is 4. The molecule has 2 rings (SSSR count). The molecule has 128 valence electrons. The van der Waals surface area contributed by atoms with Crippen molar-refractivity contribution in [3.05, 3.63) is 40.5 Å². The summed E-state index contributed by atoms with van der Waals surface area (Å²) in [6.07, 6.45) is 1.32. The van der Waals surface area contributed by atoms with Crippen LogP contribution in [0.4, 0.5) is 0 Å². The van der Waals surface area contributed by atoms with Gasteiger partial charge in [-0.1, -0.05) is 38.8 Å². The van der Waals surface area contributed by atoms with E-state index in [2.05, 4.69) is 9.97 Å². The Morgan fingerprint density at radius 3 is 2.46 bits per heavy atom. The van der Waals surface area contributed by atoms with Gasteiger partial charge in [0.25, 0.3) is 0 Å². The second-order valence-electron chi connectivity index (χ2n) is 5.94. The minimum Gasteiger partial charge on any atom is -0.477 e. The van der Waals surface area contributed by atoms with Gasteiger partial charge in [-0.15, -0.1) is 0 Å². The number of rotatable bonds is 7. The minimum absolute atomic E-state index is 0.0511. The highest BCUT2D eigenvalue weighted by Gasteiger charge is 2.22. The lowest BCUT2D eigenvalue weighted by Gasteiger charge is -2.14. The van der Waals surface area contributed by atoms with E-state index in [-0.39, 0.29) is 17.4 Å². The van der Waals surface area contributed by atoms with Crippen molar-refractivity contribution in [3.8, 4) is 17.3 Å². The van der Waals surface area contributed by atoms with Gasteiger partial charge >= 0.3 is 5.97 Å². The molecule has 2 aromatic rings. The van der Waals surface area contributed by atoms with E-state index >= 15 is 0 Å². The van der Waals surface area contributed by atoms with Gasteiger partial charge in [0, 0.05) is 10.6 Å². The van der Waals surface area contributed by atoms with E-state index in [9.17, 15) is 9.90 Å². The normalized spacial score (nSPS) is 10.9. The Morgan fingerprint density at radius 2 is 1.92 bits per heavy atom. The molecule has 0 radical (unpaired) electrons. The van der Waals surface area contributed by atoms with Gasteiger partial charge in [0.1, 0.15) is 5.56 Å². The molecule has 0 saturated heterocycles. The molecule has 0 amide bonds. The van der Waals surface area contributed by atoms with Crippen molar-refractivity contribution in [1.82, 2.24) is 9.97 Å². The highest BCUT2D eigenvalue weighted by molar-refractivity contribution is 6.30. The van der Waals surface area contributed by atoms with Gasteiger partial charge in [-0.25, -0.2) is 9.78 Å². The number of carbonyl (C=O) groups is 1. The Hall–Kier alpha value is -2.14. The number of halogens is 1. The summed E-state index contributed by atoms with van der Waals surface area (Å²) < 4.78 is 5.67. The van der Waals surface area contributed by atoms with E-state index in [0.29, 0.717) is 29.6 Å². The molecule has 0 aliphatic rings. The number of benzene rings is 1. The van der Waals surface area contributed by atoms with Gasteiger partial charge in [0.05, 0.1) is 12.3 Å². The highest BCUT2D eigenvalue weighted by atomic mass is 35.5. The molecule has 5 nitrogen and oxygen atoms in total. The summed E-state index contributed by atoms with van der Waals surface area (Å²) in [5.41, 5.74) is 1.31. The minimum atomic E-state index is -1.07. The summed E-state index contributed by atoms with van der Waals surface area (Å²) in [5, 5.41) is 10.2. The maximum absolute atomic E-state index is 11.7. The molecule has 1 heterocycles. The molecule has 6 heteroatoms. The number of carboxylic acid groups (broad SMARTS) is 1. The third kappa shape index (κ3) is 4.45. The molecule has 0 atom stereocenters. The standard InChI is InChI=1S/C18H21ClN2O3/c1-4-5-14-15(18(22)23)17(24-10-11(2)3)21-16(20-14)12-6-8-13(19)9-7-12/h6-9,11H,4-5,10H2,1-3H3,(H,22,23). The molecular formula is C18H21ClN2O3. The summed E-state index contributed by atoms with van der Waals surface area (Å²) in [6, 6.07) is 7.11. The molecule has 0 aliphatic carbocycles. The van der Waals surface area contributed by atoms with Gasteiger partial charge in [-0.05, 0) is 36.6 Å². The van der Waals surface area contributed by atoms with Crippen molar-refractivity contribution in [2.24, 2.45) is 5.92 Å². The SMILES string of the molecule is CCCc1nc(-c2ccc(Cl)cc2)nc(OCC(C)C)c1C(=O)O. The zero-order valence-electron chi connectivity index (χ0n) is 14.0. The van der Waals surface area contributed by atoms with Gasteiger partial charge in [-0.2, -0.15) is 4.98 Å².